The molecule has 1 unspecified atom stereocenters. The smallest absolute Gasteiger partial charge is 0.0406 e. The van der Waals surface area contributed by atoms with Crippen LogP contribution < -0.4 is 5.32 Å². The highest BCUT2D eigenvalue weighted by Gasteiger charge is 2.11. The molecule has 0 aliphatic rings. The normalized spacial score (nSPS) is 13.2. The fourth-order valence-corrected chi connectivity index (χ4v) is 2.33. The van der Waals surface area contributed by atoms with Crippen molar-refractivity contribution >= 4 is 11.6 Å². The number of hydrogen-bond donors (Lipinski definition) is 1. The molecule has 0 saturated heterocycles. The molecule has 0 amide bonds. The van der Waals surface area contributed by atoms with Crippen LogP contribution in [0.2, 0.25) is 5.02 Å². The first-order valence-electron chi connectivity index (χ1n) is 7.45. The minimum absolute atomic E-state index is 0.562. The van der Waals surface area contributed by atoms with Gasteiger partial charge in [-0.05, 0) is 48.9 Å². The topological polar surface area (TPSA) is 12.0 Å². The van der Waals surface area contributed by atoms with Gasteiger partial charge in [-0.25, -0.2) is 0 Å². The first-order chi connectivity index (χ1) is 8.97. The lowest BCUT2D eigenvalue weighted by molar-refractivity contribution is 0.386. The summed E-state index contributed by atoms with van der Waals surface area (Å²) in [7, 11) is 0. The van der Waals surface area contributed by atoms with E-state index in [-0.39, 0.29) is 0 Å². The highest BCUT2D eigenvalue weighted by molar-refractivity contribution is 6.30. The van der Waals surface area contributed by atoms with E-state index in [9.17, 15) is 0 Å². The van der Waals surface area contributed by atoms with Crippen molar-refractivity contribution in [3.8, 4) is 0 Å². The van der Waals surface area contributed by atoms with Crippen molar-refractivity contribution < 1.29 is 0 Å². The van der Waals surface area contributed by atoms with Gasteiger partial charge >= 0.3 is 0 Å². The fraction of sp³-hybridized carbons (Fsp3) is 0.647. The number of rotatable bonds is 8. The van der Waals surface area contributed by atoms with Gasteiger partial charge in [0.2, 0.25) is 0 Å². The maximum atomic E-state index is 5.94. The van der Waals surface area contributed by atoms with Crippen LogP contribution in [0.15, 0.2) is 24.3 Å². The quantitative estimate of drug-likeness (QED) is 0.712. The molecular formula is C17H28ClN. The molecule has 1 atom stereocenters. The van der Waals surface area contributed by atoms with Crippen LogP contribution >= 0.6 is 11.6 Å². The molecule has 108 valence electrons. The Morgan fingerprint density at radius 1 is 1.00 bits per heavy atom. The molecule has 0 saturated carbocycles. The highest BCUT2D eigenvalue weighted by atomic mass is 35.5. The largest absolute Gasteiger partial charge is 0.314 e. The summed E-state index contributed by atoms with van der Waals surface area (Å²) in [5, 5.41) is 4.40. The molecule has 0 heterocycles. The van der Waals surface area contributed by atoms with Gasteiger partial charge in [-0.1, -0.05) is 57.8 Å². The van der Waals surface area contributed by atoms with Crippen LogP contribution in [0.5, 0.6) is 0 Å². The van der Waals surface area contributed by atoms with Gasteiger partial charge < -0.3 is 5.32 Å². The lowest BCUT2D eigenvalue weighted by Crippen LogP contribution is -2.30. The Morgan fingerprint density at radius 3 is 2.16 bits per heavy atom. The molecule has 0 aliphatic heterocycles. The van der Waals surface area contributed by atoms with Gasteiger partial charge in [0.25, 0.3) is 0 Å². The lowest BCUT2D eigenvalue weighted by atomic mass is 9.91. The summed E-state index contributed by atoms with van der Waals surface area (Å²) in [6.07, 6.45) is 3.74. The zero-order chi connectivity index (χ0) is 14.3. The van der Waals surface area contributed by atoms with E-state index in [0.29, 0.717) is 12.0 Å². The second-order valence-electron chi connectivity index (χ2n) is 6.23. The van der Waals surface area contributed by atoms with E-state index >= 15 is 0 Å². The zero-order valence-corrected chi connectivity index (χ0v) is 13.5. The van der Waals surface area contributed by atoms with Crippen molar-refractivity contribution in [2.75, 3.05) is 6.54 Å². The van der Waals surface area contributed by atoms with E-state index in [1.807, 2.05) is 12.1 Å². The summed E-state index contributed by atoms with van der Waals surface area (Å²) in [5.41, 5.74) is 1.39. The van der Waals surface area contributed by atoms with Gasteiger partial charge in [-0.15, -0.1) is 0 Å². The minimum atomic E-state index is 0.562. The number of hydrogen-bond acceptors (Lipinski definition) is 1. The van der Waals surface area contributed by atoms with Crippen molar-refractivity contribution in [2.45, 2.75) is 53.0 Å². The Balaban J connectivity index is 2.53. The van der Waals surface area contributed by atoms with Crippen molar-refractivity contribution in [3.05, 3.63) is 34.9 Å². The number of benzene rings is 1. The first kappa shape index (κ1) is 16.5. The molecule has 1 aromatic carbocycles. The van der Waals surface area contributed by atoms with Gasteiger partial charge in [-0.2, -0.15) is 0 Å². The van der Waals surface area contributed by atoms with Gasteiger partial charge in [-0.3, -0.25) is 0 Å². The lowest BCUT2D eigenvalue weighted by Gasteiger charge is -2.20. The Bertz CT molecular complexity index is 331. The Labute approximate surface area is 123 Å². The predicted octanol–water partition coefficient (Wildman–Crippen LogP) is 4.93. The SMILES string of the molecule is CC(C)CCC(CNC(C)C)Cc1ccc(Cl)cc1. The minimum Gasteiger partial charge on any atom is -0.314 e. The average Bonchev–Trinajstić information content (AvgIpc) is 2.35. The molecule has 0 aliphatic carbocycles. The van der Waals surface area contributed by atoms with Crippen LogP contribution in [0.3, 0.4) is 0 Å². The Kier molecular flexibility index (Phi) is 7.48. The van der Waals surface area contributed by atoms with Crippen LogP contribution in [-0.2, 0) is 6.42 Å². The van der Waals surface area contributed by atoms with Crippen molar-refractivity contribution in [1.82, 2.24) is 5.32 Å². The molecule has 1 aromatic rings. The predicted molar refractivity (Wildman–Crippen MR) is 85.9 cm³/mol. The summed E-state index contributed by atoms with van der Waals surface area (Å²) in [6, 6.07) is 8.85. The maximum absolute atomic E-state index is 5.94. The van der Waals surface area contributed by atoms with Gasteiger partial charge in [0.05, 0.1) is 0 Å². The summed E-state index contributed by atoms with van der Waals surface area (Å²) in [5.74, 6) is 1.50. The summed E-state index contributed by atoms with van der Waals surface area (Å²) in [4.78, 5) is 0. The number of halogens is 1. The summed E-state index contributed by atoms with van der Waals surface area (Å²) in [6.45, 7) is 10.1. The second kappa shape index (κ2) is 8.60. The second-order valence-corrected chi connectivity index (χ2v) is 6.67. The average molecular weight is 282 g/mol. The fourth-order valence-electron chi connectivity index (χ4n) is 2.20. The van der Waals surface area contributed by atoms with Crippen molar-refractivity contribution in [3.63, 3.8) is 0 Å². The van der Waals surface area contributed by atoms with E-state index in [2.05, 4.69) is 45.1 Å². The highest BCUT2D eigenvalue weighted by Crippen LogP contribution is 2.18. The molecule has 0 aromatic heterocycles. The standard InChI is InChI=1S/C17H28ClN/c1-13(2)5-6-16(12-19-14(3)4)11-15-7-9-17(18)10-8-15/h7-10,13-14,16,19H,5-6,11-12H2,1-4H3. The third kappa shape index (κ3) is 7.59. The monoisotopic (exact) mass is 281 g/mol. The van der Waals surface area contributed by atoms with Crippen LogP contribution in [0.1, 0.15) is 46.1 Å². The van der Waals surface area contributed by atoms with E-state index in [1.54, 1.807) is 0 Å². The molecule has 2 heteroatoms. The first-order valence-corrected chi connectivity index (χ1v) is 7.83. The van der Waals surface area contributed by atoms with Crippen LogP contribution in [-0.4, -0.2) is 12.6 Å². The third-order valence-electron chi connectivity index (χ3n) is 3.40. The van der Waals surface area contributed by atoms with E-state index in [0.717, 1.165) is 23.9 Å². The van der Waals surface area contributed by atoms with Crippen LogP contribution in [0.4, 0.5) is 0 Å². The molecule has 19 heavy (non-hydrogen) atoms. The zero-order valence-electron chi connectivity index (χ0n) is 12.7. The van der Waals surface area contributed by atoms with Crippen LogP contribution in [0.25, 0.3) is 0 Å². The molecule has 0 radical (unpaired) electrons. The van der Waals surface area contributed by atoms with Gasteiger partial charge in [0.1, 0.15) is 0 Å². The molecule has 1 nitrogen and oxygen atoms in total. The van der Waals surface area contributed by atoms with Gasteiger partial charge in [0.15, 0.2) is 0 Å². The number of nitrogens with one attached hydrogen (secondary N) is 1. The van der Waals surface area contributed by atoms with E-state index in [1.165, 1.54) is 18.4 Å². The molecule has 1 N–H and O–H groups in total. The van der Waals surface area contributed by atoms with Crippen LogP contribution in [0, 0.1) is 11.8 Å². The summed E-state index contributed by atoms with van der Waals surface area (Å²) >= 11 is 5.94. The maximum Gasteiger partial charge on any atom is 0.0406 e. The van der Waals surface area contributed by atoms with Crippen molar-refractivity contribution in [1.29, 1.82) is 0 Å². The Hall–Kier alpha value is -0.530. The van der Waals surface area contributed by atoms with Gasteiger partial charge in [0, 0.05) is 11.1 Å². The molecule has 1 rings (SSSR count). The molecular weight excluding hydrogens is 254 g/mol. The third-order valence-corrected chi connectivity index (χ3v) is 3.66. The Morgan fingerprint density at radius 2 is 1.63 bits per heavy atom. The van der Waals surface area contributed by atoms with E-state index < -0.39 is 0 Å². The molecule has 0 fully saturated rings. The molecule has 0 spiro atoms. The molecule has 0 bridgehead atoms. The van der Waals surface area contributed by atoms with Crippen molar-refractivity contribution in [2.24, 2.45) is 11.8 Å². The summed E-state index contributed by atoms with van der Waals surface area (Å²) < 4.78 is 0. The van der Waals surface area contributed by atoms with E-state index in [4.69, 9.17) is 11.6 Å².